The summed E-state index contributed by atoms with van der Waals surface area (Å²) in [5.74, 6) is 2.64. The molecule has 1 aromatic heterocycles. The molecular formula is C19H31IN6O2. The van der Waals surface area contributed by atoms with Crippen molar-refractivity contribution in [3.63, 3.8) is 0 Å². The molecule has 2 aromatic rings. The van der Waals surface area contributed by atoms with Crippen LogP contribution in [-0.4, -0.2) is 54.6 Å². The molecule has 28 heavy (non-hydrogen) atoms. The largest absolute Gasteiger partial charge is 0.497 e. The molecule has 0 radical (unpaired) electrons. The molecule has 1 aromatic carbocycles. The summed E-state index contributed by atoms with van der Waals surface area (Å²) in [6, 6.07) is 7.92. The normalized spacial score (nSPS) is 11.0. The third-order valence-corrected chi connectivity index (χ3v) is 4.07. The van der Waals surface area contributed by atoms with Crippen LogP contribution in [0.3, 0.4) is 0 Å². The second-order valence-electron chi connectivity index (χ2n) is 5.97. The molecule has 0 bridgehead atoms. The van der Waals surface area contributed by atoms with E-state index in [2.05, 4.69) is 32.7 Å². The molecule has 0 aliphatic heterocycles. The standard InChI is InChI=1S/C19H30N6O2.HI/c1-4-18-24-23-15-25(18)12-11-22-19(20-2)21-10-5-13-27-14-16-6-8-17(26-3)9-7-16;/h6-9,15H,4-5,10-14H2,1-3H3,(H2,20,21,22);1H. The van der Waals surface area contributed by atoms with Crippen molar-refractivity contribution in [1.29, 1.82) is 0 Å². The van der Waals surface area contributed by atoms with Crippen LogP contribution in [0.5, 0.6) is 5.75 Å². The molecule has 0 saturated carbocycles. The van der Waals surface area contributed by atoms with Gasteiger partial charge in [-0.2, -0.15) is 0 Å². The number of methoxy groups -OCH3 is 1. The highest BCUT2D eigenvalue weighted by atomic mass is 127. The van der Waals surface area contributed by atoms with E-state index >= 15 is 0 Å². The predicted octanol–water partition coefficient (Wildman–Crippen LogP) is 2.24. The highest BCUT2D eigenvalue weighted by Crippen LogP contribution is 2.11. The van der Waals surface area contributed by atoms with E-state index in [1.165, 1.54) is 0 Å². The zero-order chi connectivity index (χ0) is 19.3. The summed E-state index contributed by atoms with van der Waals surface area (Å²) in [5, 5.41) is 14.6. The molecule has 156 valence electrons. The summed E-state index contributed by atoms with van der Waals surface area (Å²) in [7, 11) is 3.43. The number of hydrogen-bond acceptors (Lipinski definition) is 5. The summed E-state index contributed by atoms with van der Waals surface area (Å²) in [6.45, 7) is 5.74. The molecule has 9 heteroatoms. The Hall–Kier alpha value is -1.88. The SMILES string of the molecule is CCc1nncn1CCNC(=NC)NCCCOCc1ccc(OC)cc1.I. The molecule has 8 nitrogen and oxygen atoms in total. The zero-order valence-electron chi connectivity index (χ0n) is 16.9. The van der Waals surface area contributed by atoms with E-state index in [1.807, 2.05) is 28.8 Å². The van der Waals surface area contributed by atoms with Gasteiger partial charge in [-0.05, 0) is 24.1 Å². The van der Waals surface area contributed by atoms with Crippen LogP contribution in [0.25, 0.3) is 0 Å². The number of ether oxygens (including phenoxy) is 2. The van der Waals surface area contributed by atoms with Gasteiger partial charge in [0, 0.05) is 39.7 Å². The molecule has 0 spiro atoms. The van der Waals surface area contributed by atoms with Crippen molar-refractivity contribution in [3.8, 4) is 5.75 Å². The Balaban J connectivity index is 0.00000392. The van der Waals surface area contributed by atoms with Crippen molar-refractivity contribution in [1.82, 2.24) is 25.4 Å². The van der Waals surface area contributed by atoms with Gasteiger partial charge in [-0.3, -0.25) is 4.99 Å². The quantitative estimate of drug-likeness (QED) is 0.212. The summed E-state index contributed by atoms with van der Waals surface area (Å²) in [5.41, 5.74) is 1.14. The minimum Gasteiger partial charge on any atom is -0.497 e. The summed E-state index contributed by atoms with van der Waals surface area (Å²) >= 11 is 0. The third-order valence-electron chi connectivity index (χ3n) is 4.07. The summed E-state index contributed by atoms with van der Waals surface area (Å²) in [6.07, 6.45) is 3.54. The van der Waals surface area contributed by atoms with E-state index in [4.69, 9.17) is 9.47 Å². The van der Waals surface area contributed by atoms with E-state index < -0.39 is 0 Å². The Labute approximate surface area is 184 Å². The maximum atomic E-state index is 5.71. The van der Waals surface area contributed by atoms with Gasteiger partial charge in [0.2, 0.25) is 0 Å². The lowest BCUT2D eigenvalue weighted by Gasteiger charge is -2.12. The average molecular weight is 502 g/mol. The third kappa shape index (κ3) is 8.42. The Morgan fingerprint density at radius 2 is 1.93 bits per heavy atom. The lowest BCUT2D eigenvalue weighted by molar-refractivity contribution is 0.119. The van der Waals surface area contributed by atoms with Crippen LogP contribution in [0.2, 0.25) is 0 Å². The molecule has 0 fully saturated rings. The van der Waals surface area contributed by atoms with Crippen molar-refractivity contribution in [2.75, 3.05) is 33.9 Å². The molecule has 2 N–H and O–H groups in total. The molecule has 0 aliphatic rings. The van der Waals surface area contributed by atoms with Crippen LogP contribution < -0.4 is 15.4 Å². The van der Waals surface area contributed by atoms with E-state index in [0.717, 1.165) is 55.6 Å². The second-order valence-corrected chi connectivity index (χ2v) is 5.97. The van der Waals surface area contributed by atoms with Gasteiger partial charge in [-0.25, -0.2) is 0 Å². The summed E-state index contributed by atoms with van der Waals surface area (Å²) < 4.78 is 12.9. The topological polar surface area (TPSA) is 85.6 Å². The van der Waals surface area contributed by atoms with Crippen LogP contribution in [0, 0.1) is 0 Å². The molecule has 0 saturated heterocycles. The van der Waals surface area contributed by atoms with Gasteiger partial charge in [0.1, 0.15) is 17.9 Å². The molecule has 0 atom stereocenters. The van der Waals surface area contributed by atoms with E-state index in [-0.39, 0.29) is 24.0 Å². The number of rotatable bonds is 11. The molecule has 0 amide bonds. The number of aryl methyl sites for hydroxylation is 1. The van der Waals surface area contributed by atoms with Gasteiger partial charge in [0.25, 0.3) is 0 Å². The monoisotopic (exact) mass is 502 g/mol. The Kier molecular flexibility index (Phi) is 12.2. The first kappa shape index (κ1) is 24.2. The fourth-order valence-corrected chi connectivity index (χ4v) is 2.55. The van der Waals surface area contributed by atoms with Crippen LogP contribution >= 0.6 is 24.0 Å². The second kappa shape index (κ2) is 14.2. The van der Waals surface area contributed by atoms with Crippen molar-refractivity contribution in [2.45, 2.75) is 32.9 Å². The number of aromatic nitrogens is 3. The van der Waals surface area contributed by atoms with Gasteiger partial charge >= 0.3 is 0 Å². The van der Waals surface area contributed by atoms with Crippen molar-refractivity contribution in [3.05, 3.63) is 42.0 Å². The van der Waals surface area contributed by atoms with Crippen LogP contribution in [0.15, 0.2) is 35.6 Å². The van der Waals surface area contributed by atoms with Crippen molar-refractivity contribution >= 4 is 29.9 Å². The van der Waals surface area contributed by atoms with Crippen molar-refractivity contribution < 1.29 is 9.47 Å². The average Bonchev–Trinajstić information content (AvgIpc) is 3.17. The minimum atomic E-state index is 0. The molecule has 2 rings (SSSR count). The number of nitrogens with one attached hydrogen (secondary N) is 2. The van der Waals surface area contributed by atoms with E-state index in [9.17, 15) is 0 Å². The molecular weight excluding hydrogens is 471 g/mol. The summed E-state index contributed by atoms with van der Waals surface area (Å²) in [4.78, 5) is 4.23. The van der Waals surface area contributed by atoms with Gasteiger partial charge in [0.15, 0.2) is 5.96 Å². The zero-order valence-corrected chi connectivity index (χ0v) is 19.2. The maximum absolute atomic E-state index is 5.71. The van der Waals surface area contributed by atoms with E-state index in [0.29, 0.717) is 13.2 Å². The molecule has 1 heterocycles. The van der Waals surface area contributed by atoms with Crippen LogP contribution in [-0.2, 0) is 24.3 Å². The minimum absolute atomic E-state index is 0. The first-order valence-electron chi connectivity index (χ1n) is 9.28. The number of benzene rings is 1. The molecule has 0 aliphatic carbocycles. The van der Waals surface area contributed by atoms with Crippen LogP contribution in [0.1, 0.15) is 24.7 Å². The smallest absolute Gasteiger partial charge is 0.191 e. The number of halogens is 1. The van der Waals surface area contributed by atoms with Gasteiger partial charge < -0.3 is 24.7 Å². The van der Waals surface area contributed by atoms with E-state index in [1.54, 1.807) is 20.5 Å². The van der Waals surface area contributed by atoms with Gasteiger partial charge in [0.05, 0.1) is 13.7 Å². The fourth-order valence-electron chi connectivity index (χ4n) is 2.55. The van der Waals surface area contributed by atoms with Crippen molar-refractivity contribution in [2.24, 2.45) is 4.99 Å². The maximum Gasteiger partial charge on any atom is 0.191 e. The number of hydrogen-bond donors (Lipinski definition) is 2. The fraction of sp³-hybridized carbons (Fsp3) is 0.526. The lowest BCUT2D eigenvalue weighted by atomic mass is 10.2. The highest BCUT2D eigenvalue weighted by molar-refractivity contribution is 14.0. The first-order chi connectivity index (χ1) is 13.3. The molecule has 0 unspecified atom stereocenters. The number of nitrogens with zero attached hydrogens (tertiary/aromatic N) is 4. The predicted molar refractivity (Wildman–Crippen MR) is 121 cm³/mol. The van der Waals surface area contributed by atoms with Crippen LogP contribution in [0.4, 0.5) is 0 Å². The Morgan fingerprint density at radius 3 is 2.61 bits per heavy atom. The Morgan fingerprint density at radius 1 is 1.18 bits per heavy atom. The Bertz CT molecular complexity index is 690. The highest BCUT2D eigenvalue weighted by Gasteiger charge is 2.02. The lowest BCUT2D eigenvalue weighted by Crippen LogP contribution is -2.39. The first-order valence-corrected chi connectivity index (χ1v) is 9.28. The number of guanidine groups is 1. The van der Waals surface area contributed by atoms with Gasteiger partial charge in [-0.15, -0.1) is 34.2 Å². The van der Waals surface area contributed by atoms with Gasteiger partial charge in [-0.1, -0.05) is 19.1 Å². The number of aliphatic imine (C=N–C) groups is 1.